The van der Waals surface area contributed by atoms with E-state index in [1.165, 1.54) is 11.1 Å². The smallest absolute Gasteiger partial charge is 0.248 e. The third-order valence-corrected chi connectivity index (χ3v) is 4.26. The van der Waals surface area contributed by atoms with Gasteiger partial charge in [0.1, 0.15) is 18.5 Å². The van der Waals surface area contributed by atoms with Crippen LogP contribution in [0.2, 0.25) is 0 Å². The molecular weight excluding hydrogens is 304 g/mol. The number of primary amides is 1. The molecule has 0 saturated heterocycles. The normalized spacial score (nSPS) is 15.5. The van der Waals surface area contributed by atoms with E-state index in [-0.39, 0.29) is 6.61 Å². The molecule has 0 spiro atoms. The summed E-state index contributed by atoms with van der Waals surface area (Å²) >= 11 is 0. The second-order valence-electron chi connectivity index (χ2n) is 6.11. The molecule has 1 amide bonds. The minimum Gasteiger partial charge on any atom is -0.491 e. The summed E-state index contributed by atoms with van der Waals surface area (Å²) in [7, 11) is 0. The lowest BCUT2D eigenvalue weighted by Gasteiger charge is -2.30. The molecule has 24 heavy (non-hydrogen) atoms. The number of ether oxygens (including phenoxy) is 1. The van der Waals surface area contributed by atoms with Crippen LogP contribution < -0.4 is 10.5 Å². The molecule has 5 heteroatoms. The van der Waals surface area contributed by atoms with Crippen LogP contribution in [0.4, 0.5) is 0 Å². The van der Waals surface area contributed by atoms with E-state index < -0.39 is 12.0 Å². The Kier molecular flexibility index (Phi) is 5.13. The second kappa shape index (κ2) is 7.47. The van der Waals surface area contributed by atoms with Gasteiger partial charge in [0.2, 0.25) is 5.91 Å². The lowest BCUT2D eigenvalue weighted by atomic mass is 10.00. The summed E-state index contributed by atoms with van der Waals surface area (Å²) in [5.41, 5.74) is 8.37. The van der Waals surface area contributed by atoms with Gasteiger partial charge in [0.15, 0.2) is 0 Å². The summed E-state index contributed by atoms with van der Waals surface area (Å²) in [5, 5.41) is 10.2. The fourth-order valence-corrected chi connectivity index (χ4v) is 2.97. The van der Waals surface area contributed by atoms with Gasteiger partial charge in [-0.3, -0.25) is 9.69 Å². The van der Waals surface area contributed by atoms with Crippen molar-refractivity contribution < 1.29 is 14.6 Å². The highest BCUT2D eigenvalue weighted by atomic mass is 16.5. The average Bonchev–Trinajstić information content (AvgIpc) is 2.60. The summed E-state index contributed by atoms with van der Waals surface area (Å²) < 4.78 is 5.58. The van der Waals surface area contributed by atoms with E-state index in [1.54, 1.807) is 24.3 Å². The van der Waals surface area contributed by atoms with Gasteiger partial charge >= 0.3 is 0 Å². The van der Waals surface area contributed by atoms with Gasteiger partial charge in [-0.15, -0.1) is 0 Å². The Bertz CT molecular complexity index is 700. The average molecular weight is 326 g/mol. The molecule has 1 unspecified atom stereocenters. The molecule has 0 fully saturated rings. The zero-order chi connectivity index (χ0) is 16.9. The molecule has 0 aliphatic carbocycles. The standard InChI is InChI=1S/C19H22N2O3/c20-19(23)15-5-7-18(8-6-15)24-13-17(22)12-21-10-9-14-3-1-2-4-16(14)11-21/h1-8,17,22H,9-13H2,(H2,20,23). The molecule has 1 aliphatic heterocycles. The Morgan fingerprint density at radius 2 is 1.88 bits per heavy atom. The number of rotatable bonds is 6. The molecule has 0 bridgehead atoms. The van der Waals surface area contributed by atoms with Crippen molar-refractivity contribution in [3.05, 3.63) is 65.2 Å². The van der Waals surface area contributed by atoms with E-state index in [1.807, 2.05) is 0 Å². The van der Waals surface area contributed by atoms with Crippen molar-refractivity contribution >= 4 is 5.91 Å². The van der Waals surface area contributed by atoms with Crippen LogP contribution >= 0.6 is 0 Å². The van der Waals surface area contributed by atoms with Crippen molar-refractivity contribution in [2.24, 2.45) is 5.73 Å². The number of β-amino-alcohol motifs (C(OH)–C–C–N with tert-alkyl or cyclic N) is 1. The minimum atomic E-state index is -0.564. The molecule has 5 nitrogen and oxygen atoms in total. The van der Waals surface area contributed by atoms with E-state index in [4.69, 9.17) is 10.5 Å². The Labute approximate surface area is 141 Å². The Hall–Kier alpha value is -2.37. The van der Waals surface area contributed by atoms with Gasteiger partial charge in [0.05, 0.1) is 0 Å². The van der Waals surface area contributed by atoms with E-state index in [0.717, 1.165) is 19.5 Å². The number of nitrogens with zero attached hydrogens (tertiary/aromatic N) is 1. The fraction of sp³-hybridized carbons (Fsp3) is 0.316. The Morgan fingerprint density at radius 1 is 1.17 bits per heavy atom. The molecule has 0 aromatic heterocycles. The van der Waals surface area contributed by atoms with Gasteiger partial charge in [-0.25, -0.2) is 0 Å². The van der Waals surface area contributed by atoms with Gasteiger partial charge in [-0.2, -0.15) is 0 Å². The number of aliphatic hydroxyl groups excluding tert-OH is 1. The molecule has 3 rings (SSSR count). The van der Waals surface area contributed by atoms with Gasteiger partial charge in [-0.1, -0.05) is 24.3 Å². The Morgan fingerprint density at radius 3 is 2.58 bits per heavy atom. The highest BCUT2D eigenvalue weighted by Gasteiger charge is 2.18. The zero-order valence-electron chi connectivity index (χ0n) is 13.5. The van der Waals surface area contributed by atoms with E-state index >= 15 is 0 Å². The van der Waals surface area contributed by atoms with Crippen molar-refractivity contribution in [3.63, 3.8) is 0 Å². The number of nitrogens with two attached hydrogens (primary N) is 1. The van der Waals surface area contributed by atoms with Gasteiger partial charge in [0.25, 0.3) is 0 Å². The number of amides is 1. The Balaban J connectivity index is 1.48. The molecular formula is C19H22N2O3. The molecule has 126 valence electrons. The van der Waals surface area contributed by atoms with Crippen molar-refractivity contribution in [1.82, 2.24) is 4.90 Å². The van der Waals surface area contributed by atoms with Crippen molar-refractivity contribution in [2.75, 3.05) is 19.7 Å². The summed E-state index contributed by atoms with van der Waals surface area (Å²) in [6, 6.07) is 15.0. The molecule has 1 atom stereocenters. The topological polar surface area (TPSA) is 75.8 Å². The fourth-order valence-electron chi connectivity index (χ4n) is 2.97. The maximum atomic E-state index is 11.0. The highest BCUT2D eigenvalue weighted by molar-refractivity contribution is 5.92. The molecule has 2 aromatic rings. The monoisotopic (exact) mass is 326 g/mol. The largest absolute Gasteiger partial charge is 0.491 e. The maximum Gasteiger partial charge on any atom is 0.248 e. The third kappa shape index (κ3) is 4.13. The number of carbonyl (C=O) groups excluding carboxylic acids is 1. The minimum absolute atomic E-state index is 0.216. The second-order valence-corrected chi connectivity index (χ2v) is 6.11. The number of aliphatic hydroxyl groups is 1. The van der Waals surface area contributed by atoms with Gasteiger partial charge < -0.3 is 15.6 Å². The molecule has 1 aliphatic rings. The van der Waals surface area contributed by atoms with Crippen LogP contribution in [-0.4, -0.2) is 41.7 Å². The first-order valence-corrected chi connectivity index (χ1v) is 8.11. The SMILES string of the molecule is NC(=O)c1ccc(OCC(O)CN2CCc3ccccc3C2)cc1. The van der Waals surface area contributed by atoms with Crippen LogP contribution in [0.5, 0.6) is 5.75 Å². The van der Waals surface area contributed by atoms with Crippen molar-refractivity contribution in [3.8, 4) is 5.75 Å². The number of hydrogen-bond donors (Lipinski definition) is 2. The zero-order valence-corrected chi connectivity index (χ0v) is 13.5. The van der Waals surface area contributed by atoms with Crippen LogP contribution in [0.3, 0.4) is 0 Å². The number of hydrogen-bond acceptors (Lipinski definition) is 4. The van der Waals surface area contributed by atoms with Gasteiger partial charge in [-0.05, 0) is 41.8 Å². The van der Waals surface area contributed by atoms with Crippen LogP contribution in [0.15, 0.2) is 48.5 Å². The third-order valence-electron chi connectivity index (χ3n) is 4.26. The predicted molar refractivity (Wildman–Crippen MR) is 91.9 cm³/mol. The first-order valence-electron chi connectivity index (χ1n) is 8.11. The summed E-state index contributed by atoms with van der Waals surface area (Å²) in [6.45, 7) is 2.60. The first-order chi connectivity index (χ1) is 11.6. The highest BCUT2D eigenvalue weighted by Crippen LogP contribution is 2.19. The predicted octanol–water partition coefficient (Wildman–Crippen LogP) is 1.58. The lowest BCUT2D eigenvalue weighted by molar-refractivity contribution is 0.0637. The molecule has 3 N–H and O–H groups in total. The molecule has 1 heterocycles. The van der Waals surface area contributed by atoms with E-state index in [2.05, 4.69) is 29.2 Å². The van der Waals surface area contributed by atoms with Crippen LogP contribution in [0, 0.1) is 0 Å². The lowest BCUT2D eigenvalue weighted by Crippen LogP contribution is -2.38. The van der Waals surface area contributed by atoms with Crippen molar-refractivity contribution in [1.29, 1.82) is 0 Å². The summed E-state index contributed by atoms with van der Waals surface area (Å²) in [5.74, 6) is 0.148. The van der Waals surface area contributed by atoms with Crippen LogP contribution in [-0.2, 0) is 13.0 Å². The number of benzene rings is 2. The van der Waals surface area contributed by atoms with Crippen molar-refractivity contribution in [2.45, 2.75) is 19.1 Å². The first kappa shape index (κ1) is 16.5. The van der Waals surface area contributed by atoms with Crippen LogP contribution in [0.25, 0.3) is 0 Å². The molecule has 2 aromatic carbocycles. The maximum absolute atomic E-state index is 11.0. The van der Waals surface area contributed by atoms with E-state index in [9.17, 15) is 9.90 Å². The molecule has 0 radical (unpaired) electrons. The number of fused-ring (bicyclic) bond motifs is 1. The summed E-state index contributed by atoms with van der Waals surface area (Å²) in [4.78, 5) is 13.3. The number of carbonyl (C=O) groups is 1. The van der Waals surface area contributed by atoms with Crippen LogP contribution in [0.1, 0.15) is 21.5 Å². The van der Waals surface area contributed by atoms with E-state index in [0.29, 0.717) is 17.9 Å². The quantitative estimate of drug-likeness (QED) is 0.845. The molecule has 0 saturated carbocycles. The van der Waals surface area contributed by atoms with Gasteiger partial charge in [0, 0.05) is 25.2 Å². The summed E-state index contributed by atoms with van der Waals surface area (Å²) in [6.07, 6.45) is 0.448.